The Morgan fingerprint density at radius 2 is 2.00 bits per heavy atom. The number of anilines is 1. The molecule has 0 saturated carbocycles. The number of halogens is 1. The van der Waals surface area contributed by atoms with Gasteiger partial charge >= 0.3 is 5.97 Å². The summed E-state index contributed by atoms with van der Waals surface area (Å²) in [5.74, 6) is 2.49. The minimum atomic E-state index is -1.62. The van der Waals surface area contributed by atoms with Gasteiger partial charge in [0.15, 0.2) is 11.5 Å². The van der Waals surface area contributed by atoms with Gasteiger partial charge in [0.05, 0.1) is 6.20 Å². The highest BCUT2D eigenvalue weighted by molar-refractivity contribution is 6.87. The fourth-order valence-electron chi connectivity index (χ4n) is 2.03. The average Bonchev–Trinajstić information content (AvgIpc) is 2.51. The van der Waals surface area contributed by atoms with Crippen LogP contribution in [0.4, 0.5) is 5.82 Å². The Morgan fingerprint density at radius 1 is 1.41 bits per heavy atom. The molecule has 2 N–H and O–H groups in total. The van der Waals surface area contributed by atoms with Crippen LogP contribution in [0.1, 0.15) is 33.4 Å². The molecule has 5 nitrogen and oxygen atoms in total. The van der Waals surface area contributed by atoms with Crippen LogP contribution in [-0.2, 0) is 4.79 Å². The van der Waals surface area contributed by atoms with Crippen molar-refractivity contribution < 1.29 is 9.90 Å². The molecule has 22 heavy (non-hydrogen) atoms. The minimum absolute atomic E-state index is 0.245. The predicted molar refractivity (Wildman–Crippen MR) is 91.8 cm³/mol. The zero-order valence-electron chi connectivity index (χ0n) is 13.4. The first-order chi connectivity index (χ1) is 10.4. The lowest BCUT2D eigenvalue weighted by molar-refractivity contribution is -0.137. The molecule has 120 valence electrons. The minimum Gasteiger partial charge on any atom is -0.480 e. The Kier molecular flexibility index (Phi) is 6.85. The van der Waals surface area contributed by atoms with E-state index in [9.17, 15) is 4.79 Å². The smallest absolute Gasteiger partial charge is 0.325 e. The fourth-order valence-corrected chi connectivity index (χ4v) is 4.58. The molecule has 0 saturated heterocycles. The van der Waals surface area contributed by atoms with Gasteiger partial charge in [-0.05, 0) is 25.1 Å². The second-order valence-electron chi connectivity index (χ2n) is 5.19. The summed E-state index contributed by atoms with van der Waals surface area (Å²) < 4.78 is 0. The van der Waals surface area contributed by atoms with Gasteiger partial charge in [-0.3, -0.25) is 4.79 Å². The Morgan fingerprint density at radius 3 is 2.50 bits per heavy atom. The first-order valence-corrected chi connectivity index (χ1v) is 10.4. The third-order valence-corrected chi connectivity index (χ3v) is 8.84. The zero-order valence-corrected chi connectivity index (χ0v) is 15.2. The van der Waals surface area contributed by atoms with Crippen molar-refractivity contribution in [2.75, 3.05) is 5.32 Å². The fraction of sp³-hybridized carbons (Fsp3) is 0.533. The monoisotopic (exact) mass is 339 g/mol. The number of carboxylic acids is 1. The van der Waals surface area contributed by atoms with Crippen LogP contribution in [0.3, 0.4) is 0 Å². The van der Waals surface area contributed by atoms with Gasteiger partial charge in [-0.1, -0.05) is 38.3 Å². The van der Waals surface area contributed by atoms with Gasteiger partial charge in [0, 0.05) is 0 Å². The standard InChI is InChI=1S/C15H22ClN3O2Si/c1-5-22(6-2,7-3)9-8-12-14(17-10-13(16)19-12)18-11(4)15(20)21/h10-11H,5-7H2,1-4H3,(H,17,18)(H,20,21). The van der Waals surface area contributed by atoms with Crippen LogP contribution in [0.15, 0.2) is 6.20 Å². The van der Waals surface area contributed by atoms with Crippen LogP contribution in [0, 0.1) is 11.5 Å². The third kappa shape index (κ3) is 4.72. The van der Waals surface area contributed by atoms with Crippen molar-refractivity contribution in [3.63, 3.8) is 0 Å². The van der Waals surface area contributed by atoms with Gasteiger partial charge in [0.1, 0.15) is 19.3 Å². The number of hydrogen-bond acceptors (Lipinski definition) is 4. The lowest BCUT2D eigenvalue weighted by Crippen LogP contribution is -2.29. The molecule has 0 bridgehead atoms. The van der Waals surface area contributed by atoms with Gasteiger partial charge in [0.2, 0.25) is 0 Å². The molecule has 7 heteroatoms. The van der Waals surface area contributed by atoms with Crippen LogP contribution in [-0.4, -0.2) is 35.2 Å². The number of carboxylic acid groups (broad SMARTS) is 1. The van der Waals surface area contributed by atoms with Crippen molar-refractivity contribution in [3.8, 4) is 11.5 Å². The van der Waals surface area contributed by atoms with Crippen molar-refractivity contribution >= 4 is 31.5 Å². The second kappa shape index (κ2) is 8.16. The summed E-state index contributed by atoms with van der Waals surface area (Å²) in [6, 6.07) is 2.46. The predicted octanol–water partition coefficient (Wildman–Crippen LogP) is 3.41. The molecule has 0 aliphatic rings. The number of nitrogens with one attached hydrogen (secondary N) is 1. The summed E-state index contributed by atoms with van der Waals surface area (Å²) in [4.78, 5) is 19.3. The van der Waals surface area contributed by atoms with E-state index in [2.05, 4.69) is 47.5 Å². The molecule has 0 aliphatic heterocycles. The normalized spacial score (nSPS) is 12.2. The van der Waals surface area contributed by atoms with E-state index < -0.39 is 20.1 Å². The molecular formula is C15H22ClN3O2Si. The van der Waals surface area contributed by atoms with Crippen molar-refractivity contribution in [1.29, 1.82) is 0 Å². The second-order valence-corrected chi connectivity index (χ2v) is 10.5. The Bertz CT molecular complexity index is 586. The molecule has 0 amide bonds. The molecule has 0 aromatic carbocycles. The molecule has 1 aromatic heterocycles. The van der Waals surface area contributed by atoms with E-state index in [0.717, 1.165) is 18.1 Å². The lowest BCUT2D eigenvalue weighted by Gasteiger charge is -2.20. The van der Waals surface area contributed by atoms with Crippen LogP contribution >= 0.6 is 11.6 Å². The van der Waals surface area contributed by atoms with Crippen molar-refractivity contribution in [3.05, 3.63) is 17.0 Å². The SMILES string of the molecule is CC[Si](C#Cc1nc(Cl)cnc1NC(C)C(=O)O)(CC)CC. The first-order valence-electron chi connectivity index (χ1n) is 7.42. The van der Waals surface area contributed by atoms with E-state index in [1.807, 2.05) is 0 Å². The van der Waals surface area contributed by atoms with E-state index in [-0.39, 0.29) is 5.15 Å². The molecule has 1 heterocycles. The molecular weight excluding hydrogens is 318 g/mol. The summed E-state index contributed by atoms with van der Waals surface area (Å²) in [6.07, 6.45) is 1.38. The third-order valence-electron chi connectivity index (χ3n) is 3.94. The van der Waals surface area contributed by atoms with Crippen LogP contribution in [0.25, 0.3) is 0 Å². The number of carbonyl (C=O) groups is 1. The lowest BCUT2D eigenvalue weighted by atomic mass is 10.3. The Balaban J connectivity index is 3.19. The quantitative estimate of drug-likeness (QED) is 0.613. The Hall–Kier alpha value is -1.58. The highest BCUT2D eigenvalue weighted by Crippen LogP contribution is 2.20. The van der Waals surface area contributed by atoms with Gasteiger partial charge in [-0.15, -0.1) is 5.54 Å². The number of aromatic nitrogens is 2. The van der Waals surface area contributed by atoms with Crippen molar-refractivity contribution in [1.82, 2.24) is 9.97 Å². The molecule has 1 aromatic rings. The summed E-state index contributed by atoms with van der Waals surface area (Å²) >= 11 is 5.89. The first kappa shape index (κ1) is 18.5. The van der Waals surface area contributed by atoms with Crippen LogP contribution in [0.2, 0.25) is 23.3 Å². The highest BCUT2D eigenvalue weighted by Gasteiger charge is 2.24. The van der Waals surface area contributed by atoms with Crippen molar-refractivity contribution in [2.24, 2.45) is 0 Å². The largest absolute Gasteiger partial charge is 0.480 e. The molecule has 0 radical (unpaired) electrons. The Labute approximate surface area is 137 Å². The van der Waals surface area contributed by atoms with E-state index >= 15 is 0 Å². The maximum absolute atomic E-state index is 11.0. The van der Waals surface area contributed by atoms with Crippen molar-refractivity contribution in [2.45, 2.75) is 51.9 Å². The maximum Gasteiger partial charge on any atom is 0.325 e. The molecule has 1 unspecified atom stereocenters. The molecule has 0 spiro atoms. The van der Waals surface area contributed by atoms with E-state index in [0.29, 0.717) is 11.5 Å². The summed E-state index contributed by atoms with van der Waals surface area (Å²) in [5, 5.41) is 12.0. The van der Waals surface area contributed by atoms with Gasteiger partial charge in [-0.2, -0.15) is 0 Å². The molecule has 1 rings (SSSR count). The average molecular weight is 340 g/mol. The van der Waals surface area contributed by atoms with Crippen LogP contribution in [0.5, 0.6) is 0 Å². The maximum atomic E-state index is 11.0. The summed E-state index contributed by atoms with van der Waals surface area (Å²) in [7, 11) is -1.62. The van der Waals surface area contributed by atoms with Crippen LogP contribution < -0.4 is 5.32 Å². The summed E-state index contributed by atoms with van der Waals surface area (Å²) in [6.45, 7) is 8.05. The summed E-state index contributed by atoms with van der Waals surface area (Å²) in [5.41, 5.74) is 3.82. The number of rotatable bonds is 6. The number of aliphatic carboxylic acids is 1. The number of hydrogen-bond donors (Lipinski definition) is 2. The van der Waals surface area contributed by atoms with Gasteiger partial charge in [0.25, 0.3) is 0 Å². The van der Waals surface area contributed by atoms with E-state index in [4.69, 9.17) is 16.7 Å². The molecule has 0 fully saturated rings. The van der Waals surface area contributed by atoms with E-state index in [1.54, 1.807) is 6.92 Å². The molecule has 0 aliphatic carbocycles. The van der Waals surface area contributed by atoms with E-state index in [1.165, 1.54) is 6.20 Å². The topological polar surface area (TPSA) is 75.1 Å². The number of nitrogens with zero attached hydrogens (tertiary/aromatic N) is 2. The highest BCUT2D eigenvalue weighted by atomic mass is 35.5. The van der Waals surface area contributed by atoms with Gasteiger partial charge < -0.3 is 10.4 Å². The molecule has 1 atom stereocenters. The zero-order chi connectivity index (χ0) is 16.8. The van der Waals surface area contributed by atoms with Gasteiger partial charge in [-0.25, -0.2) is 9.97 Å².